The summed E-state index contributed by atoms with van der Waals surface area (Å²) in [5.74, 6) is -0.126. The first-order valence-corrected chi connectivity index (χ1v) is 13.0. The lowest BCUT2D eigenvalue weighted by Crippen LogP contribution is -2.29. The van der Waals surface area contributed by atoms with Crippen LogP contribution in [0.25, 0.3) is 11.1 Å². The molecule has 0 saturated carbocycles. The van der Waals surface area contributed by atoms with E-state index in [-0.39, 0.29) is 25.1 Å². The molecule has 0 heterocycles. The van der Waals surface area contributed by atoms with Gasteiger partial charge in [0.25, 0.3) is 0 Å². The van der Waals surface area contributed by atoms with Crippen LogP contribution in [0.5, 0.6) is 0 Å². The first kappa shape index (κ1) is 26.7. The number of hydrogen-bond donors (Lipinski definition) is 1. The highest BCUT2D eigenvalue weighted by atomic mass is 16.6. The van der Waals surface area contributed by atoms with E-state index in [1.165, 1.54) is 54.4 Å². The number of ether oxygens (including phenoxy) is 3. The summed E-state index contributed by atoms with van der Waals surface area (Å²) < 4.78 is 16.1. The Balaban J connectivity index is 1.21. The standard InChI is InChI=1S/C29H39NO5/c1-2-3-4-5-6-7-8-17-28(31)34-21-20-33-19-18-30-29(32)35-22-27-25-15-11-9-13-23(25)24-14-10-12-16-26(24)27/h9-16,27H,2-8,17-22H2,1H3,(H,30,32). The summed E-state index contributed by atoms with van der Waals surface area (Å²) in [6, 6.07) is 16.5. The average molecular weight is 482 g/mol. The fourth-order valence-electron chi connectivity index (χ4n) is 4.49. The minimum Gasteiger partial charge on any atom is -0.463 e. The van der Waals surface area contributed by atoms with Crippen LogP contribution in [0.15, 0.2) is 48.5 Å². The summed E-state index contributed by atoms with van der Waals surface area (Å²) >= 11 is 0. The van der Waals surface area contributed by atoms with Crippen molar-refractivity contribution in [1.29, 1.82) is 0 Å². The molecule has 0 fully saturated rings. The van der Waals surface area contributed by atoms with Crippen molar-refractivity contribution in [3.05, 3.63) is 59.7 Å². The van der Waals surface area contributed by atoms with Crippen molar-refractivity contribution in [2.24, 2.45) is 0 Å². The van der Waals surface area contributed by atoms with Crippen molar-refractivity contribution in [3.8, 4) is 11.1 Å². The fourth-order valence-corrected chi connectivity index (χ4v) is 4.49. The summed E-state index contributed by atoms with van der Waals surface area (Å²) in [5.41, 5.74) is 4.78. The van der Waals surface area contributed by atoms with Crippen LogP contribution < -0.4 is 5.32 Å². The van der Waals surface area contributed by atoms with Gasteiger partial charge in [0, 0.05) is 18.9 Å². The molecule has 0 bridgehead atoms. The Labute approximate surface area is 209 Å². The van der Waals surface area contributed by atoms with Crippen LogP contribution in [0.2, 0.25) is 0 Å². The van der Waals surface area contributed by atoms with Crippen molar-refractivity contribution >= 4 is 12.1 Å². The van der Waals surface area contributed by atoms with Crippen LogP contribution in [0.3, 0.4) is 0 Å². The third-order valence-electron chi connectivity index (χ3n) is 6.33. The van der Waals surface area contributed by atoms with E-state index in [0.717, 1.165) is 12.8 Å². The van der Waals surface area contributed by atoms with Crippen molar-refractivity contribution in [2.75, 3.05) is 33.0 Å². The molecule has 2 aromatic rings. The second-order valence-electron chi connectivity index (χ2n) is 8.96. The maximum Gasteiger partial charge on any atom is 0.407 e. The molecule has 35 heavy (non-hydrogen) atoms. The second kappa shape index (κ2) is 15.2. The molecular formula is C29H39NO5. The molecule has 0 radical (unpaired) electrons. The number of carbonyl (C=O) groups is 2. The molecule has 1 aliphatic rings. The SMILES string of the molecule is CCCCCCCCCC(=O)OCCOCCNC(=O)OCC1c2ccccc2-c2ccccc21. The van der Waals surface area contributed by atoms with E-state index >= 15 is 0 Å². The first-order chi connectivity index (χ1) is 17.2. The van der Waals surface area contributed by atoms with E-state index < -0.39 is 6.09 Å². The first-order valence-electron chi connectivity index (χ1n) is 13.0. The van der Waals surface area contributed by atoms with Gasteiger partial charge >= 0.3 is 12.1 Å². The van der Waals surface area contributed by atoms with Gasteiger partial charge in [-0.05, 0) is 28.7 Å². The molecule has 0 unspecified atom stereocenters. The largest absolute Gasteiger partial charge is 0.463 e. The molecule has 6 nitrogen and oxygen atoms in total. The van der Waals surface area contributed by atoms with Crippen molar-refractivity contribution in [2.45, 2.75) is 64.2 Å². The molecule has 0 saturated heterocycles. The van der Waals surface area contributed by atoms with Gasteiger partial charge in [-0.1, -0.05) is 94.0 Å². The molecule has 0 atom stereocenters. The third kappa shape index (κ3) is 8.70. The zero-order valence-corrected chi connectivity index (χ0v) is 20.9. The molecule has 0 aromatic heterocycles. The Morgan fingerprint density at radius 3 is 2.09 bits per heavy atom. The molecular weight excluding hydrogens is 442 g/mol. The molecule has 6 heteroatoms. The average Bonchev–Trinajstić information content (AvgIpc) is 3.20. The number of carbonyl (C=O) groups excluding carboxylic acids is 2. The number of amides is 1. The lowest BCUT2D eigenvalue weighted by atomic mass is 9.98. The van der Waals surface area contributed by atoms with Crippen LogP contribution in [0.1, 0.15) is 75.3 Å². The Hall–Kier alpha value is -2.86. The lowest BCUT2D eigenvalue weighted by Gasteiger charge is -2.14. The van der Waals surface area contributed by atoms with Gasteiger partial charge in [-0.2, -0.15) is 0 Å². The van der Waals surface area contributed by atoms with Gasteiger partial charge in [0.05, 0.1) is 13.2 Å². The molecule has 0 spiro atoms. The summed E-state index contributed by atoms with van der Waals surface area (Å²) in [6.45, 7) is 3.72. The van der Waals surface area contributed by atoms with Gasteiger partial charge in [-0.25, -0.2) is 4.79 Å². The summed E-state index contributed by atoms with van der Waals surface area (Å²) in [7, 11) is 0. The van der Waals surface area contributed by atoms with Crippen LogP contribution >= 0.6 is 0 Å². The number of unbranched alkanes of at least 4 members (excludes halogenated alkanes) is 6. The minimum atomic E-state index is -0.461. The topological polar surface area (TPSA) is 73.9 Å². The maximum absolute atomic E-state index is 12.1. The van der Waals surface area contributed by atoms with E-state index in [0.29, 0.717) is 26.2 Å². The third-order valence-corrected chi connectivity index (χ3v) is 6.33. The molecule has 3 rings (SSSR count). The summed E-state index contributed by atoms with van der Waals surface area (Å²) in [4.78, 5) is 23.9. The van der Waals surface area contributed by atoms with Gasteiger partial charge in [0.1, 0.15) is 13.2 Å². The van der Waals surface area contributed by atoms with Crippen molar-refractivity contribution in [1.82, 2.24) is 5.32 Å². The Bertz CT molecular complexity index is 883. The van der Waals surface area contributed by atoms with E-state index in [9.17, 15) is 9.59 Å². The van der Waals surface area contributed by atoms with Gasteiger partial charge in [-0.15, -0.1) is 0 Å². The normalized spacial score (nSPS) is 12.1. The van der Waals surface area contributed by atoms with Crippen molar-refractivity contribution < 1.29 is 23.8 Å². The Morgan fingerprint density at radius 1 is 0.771 bits per heavy atom. The zero-order valence-electron chi connectivity index (χ0n) is 20.9. The quantitative estimate of drug-likeness (QED) is 0.227. The fraction of sp³-hybridized carbons (Fsp3) is 0.517. The van der Waals surface area contributed by atoms with Crippen LogP contribution in [0, 0.1) is 0 Å². The number of alkyl carbamates (subject to hydrolysis) is 1. The molecule has 1 aliphatic carbocycles. The summed E-state index contributed by atoms with van der Waals surface area (Å²) in [6.07, 6.45) is 8.24. The smallest absolute Gasteiger partial charge is 0.407 e. The van der Waals surface area contributed by atoms with Crippen LogP contribution in [-0.2, 0) is 19.0 Å². The molecule has 190 valence electrons. The Kier molecular flexibility index (Phi) is 11.6. The van der Waals surface area contributed by atoms with E-state index in [2.05, 4.69) is 36.5 Å². The molecule has 0 aliphatic heterocycles. The number of esters is 1. The van der Waals surface area contributed by atoms with E-state index in [1.54, 1.807) is 0 Å². The summed E-state index contributed by atoms with van der Waals surface area (Å²) in [5, 5.41) is 2.71. The van der Waals surface area contributed by atoms with Gasteiger partial charge in [0.2, 0.25) is 0 Å². The predicted octanol–water partition coefficient (Wildman–Crippen LogP) is 6.23. The maximum atomic E-state index is 12.1. The lowest BCUT2D eigenvalue weighted by molar-refractivity contribution is -0.145. The number of hydrogen-bond acceptors (Lipinski definition) is 5. The van der Waals surface area contributed by atoms with Crippen LogP contribution in [0.4, 0.5) is 4.79 Å². The number of benzene rings is 2. The highest BCUT2D eigenvalue weighted by molar-refractivity contribution is 5.79. The van der Waals surface area contributed by atoms with Crippen LogP contribution in [-0.4, -0.2) is 45.0 Å². The Morgan fingerprint density at radius 2 is 1.40 bits per heavy atom. The number of nitrogens with one attached hydrogen (secondary N) is 1. The van der Waals surface area contributed by atoms with Gasteiger partial charge in [-0.3, -0.25) is 4.79 Å². The van der Waals surface area contributed by atoms with Crippen molar-refractivity contribution in [3.63, 3.8) is 0 Å². The van der Waals surface area contributed by atoms with E-state index in [4.69, 9.17) is 14.2 Å². The predicted molar refractivity (Wildman–Crippen MR) is 137 cm³/mol. The number of fused-ring (bicyclic) bond motifs is 3. The second-order valence-corrected chi connectivity index (χ2v) is 8.96. The highest BCUT2D eigenvalue weighted by Crippen LogP contribution is 2.44. The van der Waals surface area contributed by atoms with Gasteiger partial charge in [0.15, 0.2) is 0 Å². The number of rotatable bonds is 16. The molecule has 1 N–H and O–H groups in total. The minimum absolute atomic E-state index is 0.0418. The molecule has 2 aromatic carbocycles. The highest BCUT2D eigenvalue weighted by Gasteiger charge is 2.28. The monoisotopic (exact) mass is 481 g/mol. The molecule has 1 amide bonds. The zero-order chi connectivity index (χ0) is 24.7. The van der Waals surface area contributed by atoms with E-state index in [1.807, 2.05) is 24.3 Å². The van der Waals surface area contributed by atoms with Gasteiger partial charge < -0.3 is 19.5 Å².